The number of aromatic nitrogens is 1. The van der Waals surface area contributed by atoms with E-state index in [1.807, 2.05) is 6.07 Å². The molecule has 0 aliphatic carbocycles. The molecule has 1 amide bonds. The second kappa shape index (κ2) is 7.39. The van der Waals surface area contributed by atoms with Crippen molar-refractivity contribution in [2.45, 2.75) is 32.6 Å². The molecule has 16 heavy (non-hydrogen) atoms. The predicted octanol–water partition coefficient (Wildman–Crippen LogP) is 3.15. The van der Waals surface area contributed by atoms with Crippen molar-refractivity contribution in [1.29, 1.82) is 0 Å². The monoisotopic (exact) mass is 284 g/mol. The van der Waals surface area contributed by atoms with Gasteiger partial charge in [0.15, 0.2) is 0 Å². The minimum absolute atomic E-state index is 0.0993. The third-order valence-corrected chi connectivity index (χ3v) is 2.71. The standard InChI is InChI=1S/C12H17BrN2O/c1-2-3-4-5-9-14-12(16)10-7-6-8-11(13)15-10/h6-8H,2-5,9H2,1H3,(H,14,16). The highest BCUT2D eigenvalue weighted by atomic mass is 79.9. The molecule has 4 heteroatoms. The topological polar surface area (TPSA) is 42.0 Å². The fraction of sp³-hybridized carbons (Fsp3) is 0.500. The first kappa shape index (κ1) is 13.2. The first-order valence-electron chi connectivity index (χ1n) is 5.64. The zero-order valence-electron chi connectivity index (χ0n) is 9.50. The van der Waals surface area contributed by atoms with Crippen LogP contribution in [0.1, 0.15) is 43.1 Å². The van der Waals surface area contributed by atoms with Gasteiger partial charge in [-0.3, -0.25) is 4.79 Å². The van der Waals surface area contributed by atoms with Gasteiger partial charge in [0, 0.05) is 6.54 Å². The maximum atomic E-state index is 11.6. The summed E-state index contributed by atoms with van der Waals surface area (Å²) in [5.74, 6) is -0.0993. The van der Waals surface area contributed by atoms with E-state index in [9.17, 15) is 4.79 Å². The first-order chi connectivity index (χ1) is 7.74. The summed E-state index contributed by atoms with van der Waals surface area (Å²) in [4.78, 5) is 15.7. The van der Waals surface area contributed by atoms with Crippen LogP contribution in [0.2, 0.25) is 0 Å². The van der Waals surface area contributed by atoms with Crippen LogP contribution < -0.4 is 5.32 Å². The highest BCUT2D eigenvalue weighted by Gasteiger charge is 2.05. The minimum atomic E-state index is -0.0993. The first-order valence-corrected chi connectivity index (χ1v) is 6.44. The summed E-state index contributed by atoms with van der Waals surface area (Å²) in [6.07, 6.45) is 4.64. The van der Waals surface area contributed by atoms with E-state index in [4.69, 9.17) is 0 Å². The van der Waals surface area contributed by atoms with Crippen LogP contribution in [0.25, 0.3) is 0 Å². The van der Waals surface area contributed by atoms with Gasteiger partial charge in [-0.2, -0.15) is 0 Å². The molecule has 0 spiro atoms. The number of hydrogen-bond acceptors (Lipinski definition) is 2. The van der Waals surface area contributed by atoms with Gasteiger partial charge >= 0.3 is 0 Å². The van der Waals surface area contributed by atoms with Crippen molar-refractivity contribution in [2.24, 2.45) is 0 Å². The Balaban J connectivity index is 2.30. The molecule has 88 valence electrons. The Hall–Kier alpha value is -0.900. The molecule has 0 saturated heterocycles. The molecule has 1 N–H and O–H groups in total. The lowest BCUT2D eigenvalue weighted by Crippen LogP contribution is -2.25. The highest BCUT2D eigenvalue weighted by molar-refractivity contribution is 9.10. The van der Waals surface area contributed by atoms with Crippen molar-refractivity contribution in [1.82, 2.24) is 10.3 Å². The maximum absolute atomic E-state index is 11.6. The Bertz CT molecular complexity index is 342. The predicted molar refractivity (Wildman–Crippen MR) is 68.4 cm³/mol. The maximum Gasteiger partial charge on any atom is 0.269 e. The van der Waals surface area contributed by atoms with E-state index in [1.165, 1.54) is 19.3 Å². The zero-order chi connectivity index (χ0) is 11.8. The van der Waals surface area contributed by atoms with E-state index in [0.717, 1.165) is 13.0 Å². The van der Waals surface area contributed by atoms with Crippen molar-refractivity contribution < 1.29 is 4.79 Å². The molecule has 0 aliphatic heterocycles. The van der Waals surface area contributed by atoms with Gasteiger partial charge in [-0.25, -0.2) is 4.98 Å². The van der Waals surface area contributed by atoms with Gasteiger partial charge in [-0.15, -0.1) is 0 Å². The number of carbonyl (C=O) groups excluding carboxylic acids is 1. The second-order valence-corrected chi connectivity index (χ2v) is 4.47. The number of hydrogen-bond donors (Lipinski definition) is 1. The van der Waals surface area contributed by atoms with Crippen molar-refractivity contribution in [3.63, 3.8) is 0 Å². The SMILES string of the molecule is CCCCCCNC(=O)c1cccc(Br)n1. The molecule has 0 unspecified atom stereocenters. The summed E-state index contributed by atoms with van der Waals surface area (Å²) in [6, 6.07) is 5.33. The van der Waals surface area contributed by atoms with E-state index < -0.39 is 0 Å². The number of amides is 1. The van der Waals surface area contributed by atoms with Crippen LogP contribution >= 0.6 is 15.9 Å². The Morgan fingerprint density at radius 2 is 2.19 bits per heavy atom. The summed E-state index contributed by atoms with van der Waals surface area (Å²) in [7, 11) is 0. The summed E-state index contributed by atoms with van der Waals surface area (Å²) in [5, 5.41) is 2.86. The quantitative estimate of drug-likeness (QED) is 0.644. The molecule has 1 aromatic heterocycles. The average molecular weight is 285 g/mol. The lowest BCUT2D eigenvalue weighted by atomic mass is 10.2. The summed E-state index contributed by atoms with van der Waals surface area (Å²) in [5.41, 5.74) is 0.463. The number of pyridine rings is 1. The second-order valence-electron chi connectivity index (χ2n) is 3.66. The molecule has 1 heterocycles. The van der Waals surface area contributed by atoms with Gasteiger partial charge in [0.25, 0.3) is 5.91 Å². The van der Waals surface area contributed by atoms with Crippen LogP contribution in [-0.4, -0.2) is 17.4 Å². The molecule has 0 fully saturated rings. The molecule has 1 aromatic rings. The fourth-order valence-corrected chi connectivity index (χ4v) is 1.72. The van der Waals surface area contributed by atoms with Crippen LogP contribution in [0.15, 0.2) is 22.8 Å². The Morgan fingerprint density at radius 3 is 2.88 bits per heavy atom. The third kappa shape index (κ3) is 4.75. The minimum Gasteiger partial charge on any atom is -0.351 e. The van der Waals surface area contributed by atoms with Gasteiger partial charge in [0.05, 0.1) is 0 Å². The van der Waals surface area contributed by atoms with Gasteiger partial charge in [-0.1, -0.05) is 32.3 Å². The van der Waals surface area contributed by atoms with Gasteiger partial charge in [-0.05, 0) is 34.5 Å². The molecule has 0 aromatic carbocycles. The lowest BCUT2D eigenvalue weighted by Gasteiger charge is -2.04. The largest absolute Gasteiger partial charge is 0.351 e. The molecule has 0 saturated carbocycles. The van der Waals surface area contributed by atoms with Crippen molar-refractivity contribution in [2.75, 3.05) is 6.54 Å². The fourth-order valence-electron chi connectivity index (χ4n) is 1.38. The molecule has 3 nitrogen and oxygen atoms in total. The van der Waals surface area contributed by atoms with Crippen molar-refractivity contribution >= 4 is 21.8 Å². The van der Waals surface area contributed by atoms with E-state index >= 15 is 0 Å². The number of nitrogens with zero attached hydrogens (tertiary/aromatic N) is 1. The van der Waals surface area contributed by atoms with Gasteiger partial charge in [0.1, 0.15) is 10.3 Å². The molecule has 0 atom stereocenters. The van der Waals surface area contributed by atoms with Crippen LogP contribution in [0, 0.1) is 0 Å². The van der Waals surface area contributed by atoms with Crippen LogP contribution in [0.5, 0.6) is 0 Å². The van der Waals surface area contributed by atoms with E-state index in [-0.39, 0.29) is 5.91 Å². The number of halogens is 1. The normalized spacial score (nSPS) is 10.1. The van der Waals surface area contributed by atoms with Gasteiger partial charge in [0.2, 0.25) is 0 Å². The summed E-state index contributed by atoms with van der Waals surface area (Å²) >= 11 is 3.24. The van der Waals surface area contributed by atoms with Crippen LogP contribution in [0.3, 0.4) is 0 Å². The van der Waals surface area contributed by atoms with Crippen LogP contribution in [-0.2, 0) is 0 Å². The Labute approximate surface area is 105 Å². The molecule has 0 radical (unpaired) electrons. The number of nitrogens with one attached hydrogen (secondary N) is 1. The van der Waals surface area contributed by atoms with Crippen molar-refractivity contribution in [3.8, 4) is 0 Å². The smallest absolute Gasteiger partial charge is 0.269 e. The van der Waals surface area contributed by atoms with Gasteiger partial charge < -0.3 is 5.32 Å². The Morgan fingerprint density at radius 1 is 1.38 bits per heavy atom. The molecule has 1 rings (SSSR count). The van der Waals surface area contributed by atoms with E-state index in [0.29, 0.717) is 10.3 Å². The number of rotatable bonds is 6. The molecule has 0 aliphatic rings. The van der Waals surface area contributed by atoms with Crippen LogP contribution in [0.4, 0.5) is 0 Å². The summed E-state index contributed by atoms with van der Waals surface area (Å²) in [6.45, 7) is 2.90. The van der Waals surface area contributed by atoms with E-state index in [2.05, 4.69) is 33.2 Å². The van der Waals surface area contributed by atoms with E-state index in [1.54, 1.807) is 12.1 Å². The Kier molecular flexibility index (Phi) is 6.08. The zero-order valence-corrected chi connectivity index (χ0v) is 11.1. The van der Waals surface area contributed by atoms with Crippen molar-refractivity contribution in [3.05, 3.63) is 28.5 Å². The molecule has 0 bridgehead atoms. The average Bonchev–Trinajstić information content (AvgIpc) is 2.28. The number of carbonyl (C=O) groups is 1. The lowest BCUT2D eigenvalue weighted by molar-refractivity contribution is 0.0948. The number of unbranched alkanes of at least 4 members (excludes halogenated alkanes) is 3. The molecular weight excluding hydrogens is 268 g/mol. The molecular formula is C12H17BrN2O. The summed E-state index contributed by atoms with van der Waals surface area (Å²) < 4.78 is 0.686. The highest BCUT2D eigenvalue weighted by Crippen LogP contribution is 2.06. The third-order valence-electron chi connectivity index (χ3n) is 2.26.